The Labute approximate surface area is 123 Å². The Balaban J connectivity index is 2.35. The van der Waals surface area contributed by atoms with Crippen molar-refractivity contribution in [2.45, 2.75) is 26.2 Å². The molecule has 0 bridgehead atoms. The van der Waals surface area contributed by atoms with E-state index >= 15 is 0 Å². The zero-order valence-corrected chi connectivity index (χ0v) is 12.9. The van der Waals surface area contributed by atoms with Crippen LogP contribution in [0.4, 0.5) is 5.69 Å². The highest BCUT2D eigenvalue weighted by atomic mass is 79.9. The van der Waals surface area contributed by atoms with Crippen LogP contribution in [0, 0.1) is 0 Å². The predicted molar refractivity (Wildman–Crippen MR) is 86.0 cm³/mol. The largest absolute Gasteiger partial charge is 0.277 e. The molecule has 0 saturated heterocycles. The van der Waals surface area contributed by atoms with E-state index in [1.807, 2.05) is 44.3 Å². The number of nitrogens with zero attached hydrogens (tertiary/aromatic N) is 1. The van der Waals surface area contributed by atoms with Gasteiger partial charge in [0.25, 0.3) is 5.91 Å². The van der Waals surface area contributed by atoms with Crippen molar-refractivity contribution in [2.75, 3.05) is 4.90 Å². The first kappa shape index (κ1) is 14.1. The van der Waals surface area contributed by atoms with E-state index in [0.29, 0.717) is 0 Å². The van der Waals surface area contributed by atoms with E-state index in [4.69, 9.17) is 0 Å². The van der Waals surface area contributed by atoms with Gasteiger partial charge in [-0.25, -0.2) is 0 Å². The van der Waals surface area contributed by atoms with Gasteiger partial charge in [0, 0.05) is 11.3 Å². The Kier molecular flexibility index (Phi) is 4.64. The molecule has 4 heteroatoms. The number of para-hydroxylation sites is 1. The number of halogens is 1. The average molecular weight is 318 g/mol. The molecule has 98 valence electrons. The molecule has 2 rings (SSSR count). The van der Waals surface area contributed by atoms with Gasteiger partial charge in [-0.05, 0) is 35.4 Å². The lowest BCUT2D eigenvalue weighted by Crippen LogP contribution is -2.25. The molecule has 0 spiro atoms. The Hall–Kier alpha value is -1.29. The Morgan fingerprint density at radius 3 is 2.58 bits per heavy atom. The van der Waals surface area contributed by atoms with Gasteiger partial charge >= 0.3 is 0 Å². The summed E-state index contributed by atoms with van der Waals surface area (Å²) in [6.07, 6.45) is 5.01. The lowest BCUT2D eigenvalue weighted by molar-refractivity contribution is -0.114. The van der Waals surface area contributed by atoms with Gasteiger partial charge in [-0.15, -0.1) is 0 Å². The van der Waals surface area contributed by atoms with Gasteiger partial charge < -0.3 is 0 Å². The predicted octanol–water partition coefficient (Wildman–Crippen LogP) is 3.35. The maximum Gasteiger partial charge on any atom is 0.258 e. The summed E-state index contributed by atoms with van der Waals surface area (Å²) in [5.74, 6) is 0.105. The third kappa shape index (κ3) is 3.00. The molecule has 0 aromatic heterocycles. The number of benzene rings is 1. The molecule has 1 amide bonds. The summed E-state index contributed by atoms with van der Waals surface area (Å²) in [5.41, 5.74) is 2.77. The summed E-state index contributed by atoms with van der Waals surface area (Å²) in [5, 5.41) is 0. The van der Waals surface area contributed by atoms with Crippen molar-refractivity contribution in [1.29, 1.82) is 0 Å². The quantitative estimate of drug-likeness (QED) is 0.780. The average Bonchev–Trinajstić information content (AvgIpc) is 2.75. The summed E-state index contributed by atoms with van der Waals surface area (Å²) < 4.78 is 0.983. The Morgan fingerprint density at radius 1 is 1.32 bits per heavy atom. The van der Waals surface area contributed by atoms with Gasteiger partial charge in [0.15, 0.2) is 7.85 Å². The number of unbranched alkanes of at least 4 members (excludes halogenated alkanes) is 1. The smallest absolute Gasteiger partial charge is 0.258 e. The second-order valence-electron chi connectivity index (χ2n) is 4.67. The summed E-state index contributed by atoms with van der Waals surface area (Å²) in [6, 6.07) is 9.79. The van der Waals surface area contributed by atoms with E-state index < -0.39 is 0 Å². The maximum atomic E-state index is 12.5. The number of rotatable bonds is 4. The third-order valence-corrected chi connectivity index (χ3v) is 3.60. The normalized spacial score (nSPS) is 17.7. The van der Waals surface area contributed by atoms with Crippen molar-refractivity contribution >= 4 is 35.4 Å². The number of hydrogen-bond acceptors (Lipinski definition) is 1. The molecule has 0 fully saturated rings. The minimum absolute atomic E-state index is 0.105. The molecule has 19 heavy (non-hydrogen) atoms. The van der Waals surface area contributed by atoms with Crippen LogP contribution >= 0.6 is 15.9 Å². The second kappa shape index (κ2) is 6.24. The fraction of sp³-hybridized carbons (Fsp3) is 0.267. The molecule has 0 saturated carbocycles. The molecule has 0 aliphatic carbocycles. The number of allylic oxidation sites excluding steroid dienone is 1. The molecule has 0 radical (unpaired) electrons. The van der Waals surface area contributed by atoms with E-state index in [0.717, 1.165) is 40.6 Å². The highest BCUT2D eigenvalue weighted by molar-refractivity contribution is 9.12. The molecule has 0 N–H and O–H groups in total. The first-order valence-corrected chi connectivity index (χ1v) is 7.41. The highest BCUT2D eigenvalue weighted by Crippen LogP contribution is 2.32. The van der Waals surface area contributed by atoms with E-state index in [1.54, 1.807) is 4.90 Å². The molecule has 2 nitrogen and oxygen atoms in total. The van der Waals surface area contributed by atoms with Crippen LogP contribution in [-0.4, -0.2) is 13.8 Å². The number of hydrogen-bond donors (Lipinski definition) is 0. The number of anilines is 1. The van der Waals surface area contributed by atoms with E-state index in [1.165, 1.54) is 0 Å². The maximum absolute atomic E-state index is 12.5. The van der Waals surface area contributed by atoms with Crippen molar-refractivity contribution in [3.05, 3.63) is 52.1 Å². The van der Waals surface area contributed by atoms with E-state index in [-0.39, 0.29) is 5.91 Å². The summed E-state index contributed by atoms with van der Waals surface area (Å²) in [7, 11) is 1.97. The van der Waals surface area contributed by atoms with Crippen molar-refractivity contribution in [3.8, 4) is 0 Å². The summed E-state index contributed by atoms with van der Waals surface area (Å²) in [6.45, 7) is 2.14. The molecule has 1 aromatic rings. The van der Waals surface area contributed by atoms with Crippen molar-refractivity contribution in [1.82, 2.24) is 0 Å². The molecule has 1 aromatic carbocycles. The van der Waals surface area contributed by atoms with Gasteiger partial charge in [0.2, 0.25) is 0 Å². The van der Waals surface area contributed by atoms with E-state index in [9.17, 15) is 4.79 Å². The lowest BCUT2D eigenvalue weighted by Gasteiger charge is -2.19. The zero-order chi connectivity index (χ0) is 13.8. The van der Waals surface area contributed by atoms with Crippen LogP contribution in [0.15, 0.2) is 52.1 Å². The van der Waals surface area contributed by atoms with Crippen LogP contribution in [0.25, 0.3) is 0 Å². The molecule has 0 unspecified atom stereocenters. The highest BCUT2D eigenvalue weighted by Gasteiger charge is 2.29. The standard InChI is InChI=1S/C15H17BBrNO/c1-2-3-7-11-10-13(14(16)17)18(15(11)19)12-8-5-4-6-9-12/h4-6,8-10H,2-3,7,16H2,1H3/b14-13+. The van der Waals surface area contributed by atoms with Crippen molar-refractivity contribution in [3.63, 3.8) is 0 Å². The van der Waals surface area contributed by atoms with Gasteiger partial charge in [-0.3, -0.25) is 9.69 Å². The second-order valence-corrected chi connectivity index (χ2v) is 5.86. The SMILES string of the molecule is B/C(Br)=C1/C=C(CCCC)C(=O)N1c1ccccc1. The number of carbonyl (C=O) groups is 1. The number of amides is 1. The van der Waals surface area contributed by atoms with Gasteiger partial charge in [-0.2, -0.15) is 0 Å². The molecule has 1 aliphatic heterocycles. The molecular weight excluding hydrogens is 301 g/mol. The van der Waals surface area contributed by atoms with Gasteiger partial charge in [0.1, 0.15) is 0 Å². The summed E-state index contributed by atoms with van der Waals surface area (Å²) in [4.78, 5) is 14.3. The first-order valence-electron chi connectivity index (χ1n) is 6.61. The van der Waals surface area contributed by atoms with Crippen molar-refractivity contribution < 1.29 is 4.79 Å². The monoisotopic (exact) mass is 317 g/mol. The van der Waals surface area contributed by atoms with Crippen molar-refractivity contribution in [2.24, 2.45) is 0 Å². The Bertz CT molecular complexity index is 532. The molecular formula is C15H17BBrNO. The van der Waals surface area contributed by atoms with Crippen LogP contribution < -0.4 is 4.90 Å². The minimum atomic E-state index is 0.105. The number of carbonyl (C=O) groups excluding carboxylic acids is 1. The molecule has 1 heterocycles. The van der Waals surface area contributed by atoms with Gasteiger partial charge in [0.05, 0.1) is 5.70 Å². The van der Waals surface area contributed by atoms with Crippen LogP contribution in [0.2, 0.25) is 0 Å². The molecule has 0 atom stereocenters. The van der Waals surface area contributed by atoms with Crippen LogP contribution in [-0.2, 0) is 4.79 Å². The lowest BCUT2D eigenvalue weighted by atomic mass is 10.1. The van der Waals surface area contributed by atoms with Crippen LogP contribution in [0.5, 0.6) is 0 Å². The topological polar surface area (TPSA) is 20.3 Å². The van der Waals surface area contributed by atoms with E-state index in [2.05, 4.69) is 22.9 Å². The molecule has 1 aliphatic rings. The minimum Gasteiger partial charge on any atom is -0.277 e. The fourth-order valence-electron chi connectivity index (χ4n) is 2.18. The fourth-order valence-corrected chi connectivity index (χ4v) is 2.47. The summed E-state index contributed by atoms with van der Waals surface area (Å²) >= 11 is 3.50. The van der Waals surface area contributed by atoms with Gasteiger partial charge in [-0.1, -0.05) is 47.5 Å². The first-order chi connectivity index (χ1) is 9.15. The van der Waals surface area contributed by atoms with Crippen LogP contribution in [0.3, 0.4) is 0 Å². The zero-order valence-electron chi connectivity index (χ0n) is 11.3. The third-order valence-electron chi connectivity index (χ3n) is 3.20. The Morgan fingerprint density at radius 2 is 2.00 bits per heavy atom. The van der Waals surface area contributed by atoms with Crippen LogP contribution in [0.1, 0.15) is 26.2 Å².